The molecule has 2 aliphatic heterocycles. The third kappa shape index (κ3) is 5.76. The highest BCUT2D eigenvalue weighted by Gasteiger charge is 2.40. The van der Waals surface area contributed by atoms with Gasteiger partial charge in [-0.1, -0.05) is 42.5 Å². The lowest BCUT2D eigenvalue weighted by Gasteiger charge is -2.36. The SMILES string of the molecule is Cc1cccc(CN(C(=O)[C@H]2CNCC[C@@H]2c2cccc(OCC3COc4ccccc4O3)c2)C2CC2)c1C. The third-order valence-corrected chi connectivity index (χ3v) is 8.42. The van der Waals surface area contributed by atoms with E-state index in [9.17, 15) is 4.79 Å². The van der Waals surface area contributed by atoms with Crippen LogP contribution < -0.4 is 19.5 Å². The molecular formula is C33H38N2O4. The molecule has 0 spiro atoms. The highest BCUT2D eigenvalue weighted by Crippen LogP contribution is 2.37. The van der Waals surface area contributed by atoms with Crippen LogP contribution in [0.4, 0.5) is 0 Å². The third-order valence-electron chi connectivity index (χ3n) is 8.42. The summed E-state index contributed by atoms with van der Waals surface area (Å²) in [6, 6.07) is 22.8. The maximum Gasteiger partial charge on any atom is 0.228 e. The lowest BCUT2D eigenvalue weighted by Crippen LogP contribution is -2.47. The molecule has 6 heteroatoms. The van der Waals surface area contributed by atoms with Crippen molar-refractivity contribution in [2.75, 3.05) is 26.3 Å². The van der Waals surface area contributed by atoms with Crippen LogP contribution >= 0.6 is 0 Å². The van der Waals surface area contributed by atoms with Gasteiger partial charge in [-0.25, -0.2) is 0 Å². The number of nitrogens with zero attached hydrogens (tertiary/aromatic N) is 1. The Labute approximate surface area is 231 Å². The number of carbonyl (C=O) groups is 1. The summed E-state index contributed by atoms with van der Waals surface area (Å²) in [4.78, 5) is 16.3. The molecule has 6 rings (SSSR count). The largest absolute Gasteiger partial charge is 0.490 e. The number of hydrogen-bond donors (Lipinski definition) is 1. The molecule has 0 bridgehead atoms. The Morgan fingerprint density at radius 3 is 2.67 bits per heavy atom. The lowest BCUT2D eigenvalue weighted by molar-refractivity contribution is -0.138. The molecule has 1 saturated heterocycles. The molecular weight excluding hydrogens is 488 g/mol. The van der Waals surface area contributed by atoms with E-state index in [1.807, 2.05) is 36.4 Å². The highest BCUT2D eigenvalue weighted by molar-refractivity contribution is 5.81. The molecule has 6 nitrogen and oxygen atoms in total. The van der Waals surface area contributed by atoms with Gasteiger partial charge in [-0.15, -0.1) is 0 Å². The molecule has 1 saturated carbocycles. The number of hydrogen-bond acceptors (Lipinski definition) is 5. The van der Waals surface area contributed by atoms with Gasteiger partial charge in [-0.05, 0) is 92.1 Å². The number of piperidine rings is 1. The van der Waals surface area contributed by atoms with E-state index in [2.05, 4.69) is 54.4 Å². The number of aryl methyl sites for hydroxylation is 1. The lowest BCUT2D eigenvalue weighted by atomic mass is 9.80. The Balaban J connectivity index is 1.15. The van der Waals surface area contributed by atoms with Crippen molar-refractivity contribution in [3.05, 3.63) is 89.0 Å². The number of fused-ring (bicyclic) bond motifs is 1. The molecule has 2 heterocycles. The van der Waals surface area contributed by atoms with Crippen molar-refractivity contribution >= 4 is 5.91 Å². The average Bonchev–Trinajstić information content (AvgIpc) is 3.82. The first-order valence-electron chi connectivity index (χ1n) is 14.2. The fourth-order valence-corrected chi connectivity index (χ4v) is 5.84. The summed E-state index contributed by atoms with van der Waals surface area (Å²) in [6.07, 6.45) is 2.96. The molecule has 0 aromatic heterocycles. The van der Waals surface area contributed by atoms with Crippen molar-refractivity contribution in [1.29, 1.82) is 0 Å². The maximum absolute atomic E-state index is 14.1. The van der Waals surface area contributed by atoms with Crippen LogP contribution in [-0.4, -0.2) is 49.3 Å². The second-order valence-electron chi connectivity index (χ2n) is 11.1. The Bertz CT molecular complexity index is 1320. The van der Waals surface area contributed by atoms with E-state index >= 15 is 0 Å². The van der Waals surface area contributed by atoms with Gasteiger partial charge in [0.2, 0.25) is 5.91 Å². The molecule has 0 radical (unpaired) electrons. The molecule has 3 atom stereocenters. The van der Waals surface area contributed by atoms with Crippen LogP contribution in [0.25, 0.3) is 0 Å². The predicted octanol–water partition coefficient (Wildman–Crippen LogP) is 5.41. The molecule has 39 heavy (non-hydrogen) atoms. The van der Waals surface area contributed by atoms with Crippen LogP contribution in [0.5, 0.6) is 17.2 Å². The van der Waals surface area contributed by atoms with Crippen LogP contribution in [0.15, 0.2) is 66.7 Å². The summed E-state index contributed by atoms with van der Waals surface area (Å²) in [5, 5.41) is 3.50. The standard InChI is InChI=1S/C33H38N2O4/c1-22-7-5-9-25(23(22)2)19-35(26-13-14-26)33(36)30-18-34-16-15-29(30)24-8-6-10-27(17-24)37-20-28-21-38-31-11-3-4-12-32(31)39-28/h3-12,17,26,28-30,34H,13-16,18-21H2,1-2H3/t28?,29-,30+/m1/s1. The van der Waals surface area contributed by atoms with Gasteiger partial charge < -0.3 is 24.4 Å². The van der Waals surface area contributed by atoms with E-state index in [4.69, 9.17) is 14.2 Å². The summed E-state index contributed by atoms with van der Waals surface area (Å²) in [5.41, 5.74) is 4.98. The van der Waals surface area contributed by atoms with E-state index in [0.29, 0.717) is 32.3 Å². The maximum atomic E-state index is 14.1. The van der Waals surface area contributed by atoms with Gasteiger partial charge in [-0.3, -0.25) is 4.79 Å². The van der Waals surface area contributed by atoms with Crippen molar-refractivity contribution in [3.63, 3.8) is 0 Å². The number of rotatable bonds is 8. The van der Waals surface area contributed by atoms with Crippen LogP contribution in [0, 0.1) is 19.8 Å². The number of ether oxygens (including phenoxy) is 3. The number of amides is 1. The van der Waals surface area contributed by atoms with Crippen LogP contribution in [0.2, 0.25) is 0 Å². The van der Waals surface area contributed by atoms with E-state index in [-0.39, 0.29) is 23.8 Å². The molecule has 2 fully saturated rings. The molecule has 1 unspecified atom stereocenters. The topological polar surface area (TPSA) is 60.0 Å². The number of para-hydroxylation sites is 2. The van der Waals surface area contributed by atoms with Gasteiger partial charge in [0.25, 0.3) is 0 Å². The van der Waals surface area contributed by atoms with Gasteiger partial charge in [0, 0.05) is 19.1 Å². The molecule has 3 aromatic rings. The van der Waals surface area contributed by atoms with Crippen molar-refractivity contribution in [2.24, 2.45) is 5.92 Å². The fourth-order valence-electron chi connectivity index (χ4n) is 5.84. The normalized spacial score (nSPS) is 22.3. The predicted molar refractivity (Wildman–Crippen MR) is 151 cm³/mol. The first-order valence-corrected chi connectivity index (χ1v) is 14.2. The minimum absolute atomic E-state index is 0.0914. The molecule has 3 aliphatic rings. The van der Waals surface area contributed by atoms with Gasteiger partial charge in [0.15, 0.2) is 17.6 Å². The van der Waals surface area contributed by atoms with Gasteiger partial charge >= 0.3 is 0 Å². The first kappa shape index (κ1) is 25.8. The molecule has 3 aromatic carbocycles. The number of nitrogens with one attached hydrogen (secondary N) is 1. The van der Waals surface area contributed by atoms with Gasteiger partial charge in [0.05, 0.1) is 5.92 Å². The van der Waals surface area contributed by atoms with Gasteiger partial charge in [-0.2, -0.15) is 0 Å². The van der Waals surface area contributed by atoms with Crippen LogP contribution in [0.3, 0.4) is 0 Å². The van der Waals surface area contributed by atoms with E-state index in [0.717, 1.165) is 43.1 Å². The monoisotopic (exact) mass is 526 g/mol. The van der Waals surface area contributed by atoms with E-state index in [1.54, 1.807) is 0 Å². The van der Waals surface area contributed by atoms with Crippen molar-refractivity contribution in [1.82, 2.24) is 10.2 Å². The number of benzene rings is 3. The van der Waals surface area contributed by atoms with Crippen molar-refractivity contribution in [3.8, 4) is 17.2 Å². The minimum atomic E-state index is -0.172. The zero-order valence-corrected chi connectivity index (χ0v) is 22.9. The Hall–Kier alpha value is -3.51. The molecule has 1 N–H and O–H groups in total. The minimum Gasteiger partial charge on any atom is -0.490 e. The quantitative estimate of drug-likeness (QED) is 0.426. The Morgan fingerprint density at radius 2 is 1.82 bits per heavy atom. The zero-order chi connectivity index (χ0) is 26.8. The summed E-state index contributed by atoms with van der Waals surface area (Å²) >= 11 is 0. The summed E-state index contributed by atoms with van der Waals surface area (Å²) in [5.74, 6) is 2.66. The zero-order valence-electron chi connectivity index (χ0n) is 22.9. The highest BCUT2D eigenvalue weighted by atomic mass is 16.6. The van der Waals surface area contributed by atoms with Crippen molar-refractivity contribution in [2.45, 2.75) is 57.7 Å². The number of carbonyl (C=O) groups excluding carboxylic acids is 1. The fraction of sp³-hybridized carbons (Fsp3) is 0.424. The Morgan fingerprint density at radius 1 is 1.00 bits per heavy atom. The van der Waals surface area contributed by atoms with Crippen LogP contribution in [-0.2, 0) is 11.3 Å². The van der Waals surface area contributed by atoms with Crippen molar-refractivity contribution < 1.29 is 19.0 Å². The Kier molecular flexibility index (Phi) is 7.47. The van der Waals surface area contributed by atoms with Crippen LogP contribution in [0.1, 0.15) is 47.4 Å². The molecule has 1 aliphatic carbocycles. The van der Waals surface area contributed by atoms with E-state index < -0.39 is 0 Å². The first-order chi connectivity index (χ1) is 19.1. The summed E-state index contributed by atoms with van der Waals surface area (Å²) in [6.45, 7) is 7.47. The van der Waals surface area contributed by atoms with Gasteiger partial charge in [0.1, 0.15) is 19.0 Å². The molecule has 1 amide bonds. The second kappa shape index (κ2) is 11.3. The average molecular weight is 527 g/mol. The second-order valence-corrected chi connectivity index (χ2v) is 11.1. The summed E-state index contributed by atoms with van der Waals surface area (Å²) in [7, 11) is 0. The summed E-state index contributed by atoms with van der Waals surface area (Å²) < 4.78 is 18.1. The molecule has 204 valence electrons. The smallest absolute Gasteiger partial charge is 0.228 e. The van der Waals surface area contributed by atoms with E-state index in [1.165, 1.54) is 22.3 Å².